The van der Waals surface area contributed by atoms with Crippen LogP contribution in [0.25, 0.3) is 0 Å². The fourth-order valence-corrected chi connectivity index (χ4v) is 3.05. The van der Waals surface area contributed by atoms with Crippen molar-refractivity contribution in [3.05, 3.63) is 59.4 Å². The van der Waals surface area contributed by atoms with Crippen LogP contribution in [0.1, 0.15) is 28.0 Å². The minimum atomic E-state index is -0.111. The predicted octanol–water partition coefficient (Wildman–Crippen LogP) is 1.90. The zero-order valence-corrected chi connectivity index (χ0v) is 13.2. The second kappa shape index (κ2) is 6.67. The molecule has 5 nitrogen and oxygen atoms in total. The van der Waals surface area contributed by atoms with Gasteiger partial charge in [-0.05, 0) is 18.1 Å². The number of benzene rings is 1. The molecule has 0 spiro atoms. The highest BCUT2D eigenvalue weighted by Crippen LogP contribution is 2.14. The lowest BCUT2D eigenvalue weighted by Gasteiger charge is -2.17. The van der Waals surface area contributed by atoms with Gasteiger partial charge in [0.25, 0.3) is 5.91 Å². The van der Waals surface area contributed by atoms with E-state index in [1.165, 1.54) is 5.56 Å². The zero-order valence-electron chi connectivity index (χ0n) is 13.2. The Morgan fingerprint density at radius 1 is 1.39 bits per heavy atom. The Labute approximate surface area is 136 Å². The molecule has 0 radical (unpaired) electrons. The molecule has 1 N–H and O–H groups in total. The van der Waals surface area contributed by atoms with Gasteiger partial charge in [-0.2, -0.15) is 5.26 Å². The molecule has 1 fully saturated rings. The van der Waals surface area contributed by atoms with Gasteiger partial charge in [-0.25, -0.2) is 0 Å². The number of carbonyl (C=O) groups excluding carboxylic acids is 1. The topological polar surface area (TPSA) is 61.1 Å². The number of carbonyl (C=O) groups is 1. The van der Waals surface area contributed by atoms with E-state index in [1.54, 1.807) is 23.9 Å². The molecule has 23 heavy (non-hydrogen) atoms. The van der Waals surface area contributed by atoms with E-state index in [0.717, 1.165) is 26.1 Å². The summed E-state index contributed by atoms with van der Waals surface area (Å²) in [6.07, 6.45) is 2.62. The lowest BCUT2D eigenvalue weighted by Crippen LogP contribution is -2.37. The highest BCUT2D eigenvalue weighted by molar-refractivity contribution is 5.93. The number of hydrogen-bond donors (Lipinski definition) is 1. The Balaban J connectivity index is 1.56. The van der Waals surface area contributed by atoms with E-state index in [1.807, 2.05) is 18.2 Å². The summed E-state index contributed by atoms with van der Waals surface area (Å²) in [5, 5.41) is 12.0. The average Bonchev–Trinajstić information content (AvgIpc) is 3.14. The Morgan fingerprint density at radius 3 is 2.87 bits per heavy atom. The van der Waals surface area contributed by atoms with E-state index in [2.05, 4.69) is 28.4 Å². The van der Waals surface area contributed by atoms with Crippen LogP contribution in [-0.2, 0) is 13.6 Å². The summed E-state index contributed by atoms with van der Waals surface area (Å²) in [5.41, 5.74) is 2.33. The second-order valence-corrected chi connectivity index (χ2v) is 6.02. The van der Waals surface area contributed by atoms with Crippen molar-refractivity contribution in [2.45, 2.75) is 19.0 Å². The highest BCUT2D eigenvalue weighted by Gasteiger charge is 2.25. The van der Waals surface area contributed by atoms with Crippen molar-refractivity contribution in [1.82, 2.24) is 14.8 Å². The Morgan fingerprint density at radius 2 is 2.17 bits per heavy atom. The molecule has 118 valence electrons. The number of nitrogens with zero attached hydrogens (tertiary/aromatic N) is 3. The summed E-state index contributed by atoms with van der Waals surface area (Å²) in [6, 6.07) is 14.2. The molecule has 2 heterocycles. The van der Waals surface area contributed by atoms with Crippen molar-refractivity contribution in [1.29, 1.82) is 5.26 Å². The summed E-state index contributed by atoms with van der Waals surface area (Å²) < 4.78 is 1.70. The molecule has 1 atom stereocenters. The smallest absolute Gasteiger partial charge is 0.268 e. The second-order valence-electron chi connectivity index (χ2n) is 6.02. The normalized spacial score (nSPS) is 17.8. The van der Waals surface area contributed by atoms with Crippen LogP contribution < -0.4 is 5.32 Å². The quantitative estimate of drug-likeness (QED) is 0.938. The molecular formula is C18H20N4O. The molecule has 2 aromatic rings. The first kappa shape index (κ1) is 15.3. The minimum Gasteiger partial charge on any atom is -0.347 e. The third-order valence-electron chi connectivity index (χ3n) is 4.22. The molecular weight excluding hydrogens is 288 g/mol. The molecule has 3 rings (SSSR count). The number of hydrogen-bond acceptors (Lipinski definition) is 3. The third kappa shape index (κ3) is 3.61. The fourth-order valence-electron chi connectivity index (χ4n) is 3.05. The molecule has 0 unspecified atom stereocenters. The van der Waals surface area contributed by atoms with Crippen molar-refractivity contribution < 1.29 is 4.79 Å². The first-order valence-electron chi connectivity index (χ1n) is 7.79. The molecule has 1 aliphatic rings. The van der Waals surface area contributed by atoms with Gasteiger partial charge in [0, 0.05) is 38.9 Å². The number of aromatic nitrogens is 1. The first-order chi connectivity index (χ1) is 11.2. The summed E-state index contributed by atoms with van der Waals surface area (Å²) in [7, 11) is 1.78. The molecule has 5 heteroatoms. The van der Waals surface area contributed by atoms with E-state index < -0.39 is 0 Å². The van der Waals surface area contributed by atoms with E-state index in [4.69, 9.17) is 5.26 Å². The van der Waals surface area contributed by atoms with Gasteiger partial charge in [-0.3, -0.25) is 9.69 Å². The van der Waals surface area contributed by atoms with Crippen LogP contribution in [0.5, 0.6) is 0 Å². The van der Waals surface area contributed by atoms with Crippen LogP contribution in [0.15, 0.2) is 42.6 Å². The van der Waals surface area contributed by atoms with E-state index in [9.17, 15) is 4.79 Å². The van der Waals surface area contributed by atoms with Crippen molar-refractivity contribution in [2.24, 2.45) is 7.05 Å². The average molecular weight is 308 g/mol. The molecule has 1 aromatic carbocycles. The van der Waals surface area contributed by atoms with Gasteiger partial charge in [0.2, 0.25) is 0 Å². The maximum atomic E-state index is 12.4. The zero-order chi connectivity index (χ0) is 16.2. The standard InChI is InChI=1S/C18H20N4O/c1-21-11-15(10-19)9-17(21)18(23)20-16-7-8-22(13-16)12-14-5-3-2-4-6-14/h2-6,9,11,16H,7-8,12-13H2,1H3,(H,20,23)/t16-/m0/s1. The fraction of sp³-hybridized carbons (Fsp3) is 0.333. The van der Waals surface area contributed by atoms with E-state index in [-0.39, 0.29) is 11.9 Å². The van der Waals surface area contributed by atoms with Crippen LogP contribution in [0.4, 0.5) is 0 Å². The summed E-state index contributed by atoms with van der Waals surface area (Å²) in [4.78, 5) is 14.7. The number of nitriles is 1. The van der Waals surface area contributed by atoms with Gasteiger partial charge in [0.15, 0.2) is 0 Å². The maximum absolute atomic E-state index is 12.4. The van der Waals surface area contributed by atoms with Crippen molar-refractivity contribution in [2.75, 3.05) is 13.1 Å². The van der Waals surface area contributed by atoms with Crippen molar-refractivity contribution >= 4 is 5.91 Å². The molecule has 0 aliphatic carbocycles. The number of amides is 1. The molecule has 1 aromatic heterocycles. The highest BCUT2D eigenvalue weighted by atomic mass is 16.2. The van der Waals surface area contributed by atoms with Crippen LogP contribution in [-0.4, -0.2) is 34.5 Å². The number of rotatable bonds is 4. The van der Waals surface area contributed by atoms with Crippen LogP contribution in [0.3, 0.4) is 0 Å². The minimum absolute atomic E-state index is 0.111. The summed E-state index contributed by atoms with van der Waals surface area (Å²) in [6.45, 7) is 2.75. The maximum Gasteiger partial charge on any atom is 0.268 e. The Kier molecular flexibility index (Phi) is 4.45. The Bertz CT molecular complexity index is 729. The monoisotopic (exact) mass is 308 g/mol. The van der Waals surface area contributed by atoms with Crippen LogP contribution in [0, 0.1) is 11.3 Å². The number of nitrogens with one attached hydrogen (secondary N) is 1. The van der Waals surface area contributed by atoms with E-state index >= 15 is 0 Å². The van der Waals surface area contributed by atoms with Crippen molar-refractivity contribution in [3.8, 4) is 6.07 Å². The molecule has 0 bridgehead atoms. The van der Waals surface area contributed by atoms with E-state index in [0.29, 0.717) is 11.3 Å². The van der Waals surface area contributed by atoms with Gasteiger partial charge in [0.1, 0.15) is 11.8 Å². The lowest BCUT2D eigenvalue weighted by atomic mass is 10.2. The van der Waals surface area contributed by atoms with Gasteiger partial charge in [-0.1, -0.05) is 30.3 Å². The van der Waals surface area contributed by atoms with Crippen LogP contribution in [0.2, 0.25) is 0 Å². The molecule has 1 saturated heterocycles. The third-order valence-corrected chi connectivity index (χ3v) is 4.22. The van der Waals surface area contributed by atoms with Gasteiger partial charge in [0.05, 0.1) is 5.56 Å². The number of likely N-dealkylation sites (tertiary alicyclic amines) is 1. The first-order valence-corrected chi connectivity index (χ1v) is 7.79. The van der Waals surface area contributed by atoms with Gasteiger partial charge in [-0.15, -0.1) is 0 Å². The largest absolute Gasteiger partial charge is 0.347 e. The predicted molar refractivity (Wildman–Crippen MR) is 87.7 cm³/mol. The summed E-state index contributed by atoms with van der Waals surface area (Å²) >= 11 is 0. The lowest BCUT2D eigenvalue weighted by molar-refractivity contribution is 0.0929. The molecule has 1 aliphatic heterocycles. The molecule has 0 saturated carbocycles. The summed E-state index contributed by atoms with van der Waals surface area (Å²) in [5.74, 6) is -0.111. The number of aryl methyl sites for hydroxylation is 1. The van der Waals surface area contributed by atoms with Gasteiger partial charge >= 0.3 is 0 Å². The van der Waals surface area contributed by atoms with Crippen LogP contribution >= 0.6 is 0 Å². The SMILES string of the molecule is Cn1cc(C#N)cc1C(=O)N[C@H]1CCN(Cc2ccccc2)C1. The van der Waals surface area contributed by atoms with Crippen molar-refractivity contribution in [3.63, 3.8) is 0 Å². The van der Waals surface area contributed by atoms with Gasteiger partial charge < -0.3 is 9.88 Å². The Hall–Kier alpha value is -2.58. The molecule has 1 amide bonds.